The standard InChI is InChI=1S/C22H39ClN2O5S/c1-11(2)7-13-5-6-29-20-14(8-13)10-24-18(20)21(28)25-17(12(3)23)16-9-15(26)19(27)22(30-16)31-4/h11-20,22,24,26-27H,5-10H2,1-4H3,(H,25,28)/t12-,13-,14-,15+,16-,17+,18-,19?,20+,22?/m0/s1. The quantitative estimate of drug-likeness (QED) is 0.413. The Balaban J connectivity index is 1.64. The Kier molecular flexibility index (Phi) is 9.36. The summed E-state index contributed by atoms with van der Waals surface area (Å²) in [4.78, 5) is 13.2. The summed E-state index contributed by atoms with van der Waals surface area (Å²) in [6, 6.07) is -0.901. The molecule has 0 spiro atoms. The van der Waals surface area contributed by atoms with Crippen molar-refractivity contribution in [1.29, 1.82) is 0 Å². The van der Waals surface area contributed by atoms with Gasteiger partial charge in [-0.05, 0) is 50.2 Å². The number of carbonyl (C=O) groups excluding carboxylic acids is 1. The molecule has 3 aliphatic rings. The van der Waals surface area contributed by atoms with E-state index in [1.165, 1.54) is 18.2 Å². The highest BCUT2D eigenvalue weighted by Gasteiger charge is 2.46. The van der Waals surface area contributed by atoms with Crippen LogP contribution in [0.1, 0.15) is 46.5 Å². The molecule has 9 heteroatoms. The van der Waals surface area contributed by atoms with Crippen LogP contribution in [0.5, 0.6) is 0 Å². The van der Waals surface area contributed by atoms with Gasteiger partial charge >= 0.3 is 0 Å². The second-order valence-corrected chi connectivity index (χ2v) is 11.4. The fraction of sp³-hybridized carbons (Fsp3) is 0.955. The van der Waals surface area contributed by atoms with Crippen LogP contribution in [-0.4, -0.2) is 82.8 Å². The van der Waals surface area contributed by atoms with Crippen molar-refractivity contribution in [2.75, 3.05) is 19.4 Å². The minimum atomic E-state index is -0.955. The summed E-state index contributed by atoms with van der Waals surface area (Å²) in [5, 5.41) is 26.4. The van der Waals surface area contributed by atoms with Crippen LogP contribution in [0.25, 0.3) is 0 Å². The first-order valence-electron chi connectivity index (χ1n) is 11.5. The number of carbonyl (C=O) groups is 1. The predicted octanol–water partition coefficient (Wildman–Crippen LogP) is 1.73. The average Bonchev–Trinajstić information content (AvgIpc) is 2.99. The average molecular weight is 479 g/mol. The van der Waals surface area contributed by atoms with Gasteiger partial charge in [-0.25, -0.2) is 0 Å². The number of hydrogen-bond donors (Lipinski definition) is 4. The summed E-state index contributed by atoms with van der Waals surface area (Å²) in [5.74, 6) is 1.49. The van der Waals surface area contributed by atoms with Gasteiger partial charge in [-0.15, -0.1) is 23.4 Å². The molecule has 2 unspecified atom stereocenters. The van der Waals surface area contributed by atoms with Gasteiger partial charge in [0.25, 0.3) is 0 Å². The highest BCUT2D eigenvalue weighted by molar-refractivity contribution is 7.99. The van der Waals surface area contributed by atoms with E-state index in [0.717, 1.165) is 19.4 Å². The van der Waals surface area contributed by atoms with Crippen LogP contribution in [0.15, 0.2) is 0 Å². The molecule has 3 saturated heterocycles. The minimum absolute atomic E-state index is 0.137. The molecule has 0 bridgehead atoms. The molecule has 3 rings (SSSR count). The third-order valence-corrected chi connectivity index (χ3v) is 7.97. The van der Waals surface area contributed by atoms with Gasteiger partial charge in [-0.2, -0.15) is 0 Å². The minimum Gasteiger partial charge on any atom is -0.390 e. The molecule has 3 heterocycles. The normalized spacial score (nSPS) is 40.8. The van der Waals surface area contributed by atoms with Crippen LogP contribution in [-0.2, 0) is 14.3 Å². The van der Waals surface area contributed by atoms with Gasteiger partial charge in [0, 0.05) is 19.6 Å². The maximum atomic E-state index is 13.2. The van der Waals surface area contributed by atoms with E-state index in [1.54, 1.807) is 0 Å². The lowest BCUT2D eigenvalue weighted by molar-refractivity contribution is -0.148. The Labute approximate surface area is 195 Å². The molecular formula is C22H39ClN2O5S. The molecule has 10 atom stereocenters. The molecular weight excluding hydrogens is 440 g/mol. The predicted molar refractivity (Wildman–Crippen MR) is 123 cm³/mol. The van der Waals surface area contributed by atoms with E-state index in [1.807, 2.05) is 13.2 Å². The SMILES string of the molecule is CSC1O[C@H]([C@H](NC(=O)[C@H]2NC[C@@H]3C[C@H](CC(C)C)CCO[C@H]32)[C@H](C)Cl)C[C@@H](O)C1O. The molecule has 4 N–H and O–H groups in total. The third-order valence-electron chi connectivity index (χ3n) is 6.85. The molecule has 0 aromatic carbocycles. The lowest BCUT2D eigenvalue weighted by Crippen LogP contribution is -2.59. The van der Waals surface area contributed by atoms with Crippen molar-refractivity contribution in [3.8, 4) is 0 Å². The maximum Gasteiger partial charge on any atom is 0.240 e. The summed E-state index contributed by atoms with van der Waals surface area (Å²) in [7, 11) is 0. The molecule has 180 valence electrons. The summed E-state index contributed by atoms with van der Waals surface area (Å²) in [5.41, 5.74) is -0.555. The van der Waals surface area contributed by atoms with E-state index in [2.05, 4.69) is 24.5 Å². The lowest BCUT2D eigenvalue weighted by atomic mass is 9.85. The fourth-order valence-electron chi connectivity index (χ4n) is 5.32. The number of ether oxygens (including phenoxy) is 2. The van der Waals surface area contributed by atoms with Crippen LogP contribution in [0.3, 0.4) is 0 Å². The topological polar surface area (TPSA) is 100 Å². The van der Waals surface area contributed by atoms with Crippen LogP contribution < -0.4 is 10.6 Å². The second-order valence-electron chi connectivity index (χ2n) is 9.79. The Morgan fingerprint density at radius 2 is 2.03 bits per heavy atom. The lowest BCUT2D eigenvalue weighted by Gasteiger charge is -2.41. The highest BCUT2D eigenvalue weighted by atomic mass is 35.5. The van der Waals surface area contributed by atoms with Crippen molar-refractivity contribution in [3.05, 3.63) is 0 Å². The van der Waals surface area contributed by atoms with Crippen LogP contribution in [0, 0.1) is 17.8 Å². The Hall–Kier alpha value is -0.0900. The van der Waals surface area contributed by atoms with Crippen molar-refractivity contribution in [1.82, 2.24) is 10.6 Å². The van der Waals surface area contributed by atoms with Crippen LogP contribution in [0.4, 0.5) is 0 Å². The van der Waals surface area contributed by atoms with E-state index < -0.39 is 41.2 Å². The number of amides is 1. The number of aliphatic hydroxyl groups excluding tert-OH is 2. The number of aliphatic hydroxyl groups is 2. The van der Waals surface area contributed by atoms with Crippen molar-refractivity contribution in [3.63, 3.8) is 0 Å². The van der Waals surface area contributed by atoms with E-state index in [9.17, 15) is 15.0 Å². The van der Waals surface area contributed by atoms with E-state index in [-0.39, 0.29) is 18.4 Å². The number of thioether (sulfide) groups is 1. The first-order valence-corrected chi connectivity index (χ1v) is 13.3. The Morgan fingerprint density at radius 1 is 1.29 bits per heavy atom. The largest absolute Gasteiger partial charge is 0.390 e. The van der Waals surface area contributed by atoms with Gasteiger partial charge in [0.05, 0.1) is 29.7 Å². The van der Waals surface area contributed by atoms with E-state index >= 15 is 0 Å². The third kappa shape index (κ3) is 6.28. The Morgan fingerprint density at radius 3 is 2.68 bits per heavy atom. The van der Waals surface area contributed by atoms with Crippen molar-refractivity contribution >= 4 is 29.3 Å². The first-order chi connectivity index (χ1) is 14.7. The molecule has 1 amide bonds. The molecule has 0 aromatic heterocycles. The van der Waals surface area contributed by atoms with Gasteiger partial charge < -0.3 is 30.3 Å². The summed E-state index contributed by atoms with van der Waals surface area (Å²) in [6.07, 6.45) is 2.88. The molecule has 0 aliphatic carbocycles. The summed E-state index contributed by atoms with van der Waals surface area (Å²) < 4.78 is 12.1. The van der Waals surface area contributed by atoms with E-state index in [4.69, 9.17) is 21.1 Å². The van der Waals surface area contributed by atoms with Crippen LogP contribution in [0.2, 0.25) is 0 Å². The first kappa shape index (κ1) is 25.5. The number of nitrogens with one attached hydrogen (secondary N) is 2. The second kappa shape index (κ2) is 11.4. The molecule has 3 fully saturated rings. The number of fused-ring (bicyclic) bond motifs is 1. The van der Waals surface area contributed by atoms with Crippen molar-refractivity contribution < 1.29 is 24.5 Å². The number of rotatable bonds is 7. The molecule has 7 nitrogen and oxygen atoms in total. The number of alkyl halides is 1. The fourth-order valence-corrected chi connectivity index (χ4v) is 6.26. The molecule has 0 saturated carbocycles. The van der Waals surface area contributed by atoms with Gasteiger partial charge in [0.1, 0.15) is 17.6 Å². The summed E-state index contributed by atoms with van der Waals surface area (Å²) in [6.45, 7) is 7.78. The van der Waals surface area contributed by atoms with E-state index in [0.29, 0.717) is 24.4 Å². The van der Waals surface area contributed by atoms with Crippen molar-refractivity contribution in [2.24, 2.45) is 17.8 Å². The maximum absolute atomic E-state index is 13.2. The van der Waals surface area contributed by atoms with Crippen molar-refractivity contribution in [2.45, 2.75) is 93.8 Å². The highest BCUT2D eigenvalue weighted by Crippen LogP contribution is 2.34. The summed E-state index contributed by atoms with van der Waals surface area (Å²) >= 11 is 7.77. The molecule has 0 radical (unpaired) electrons. The molecule has 31 heavy (non-hydrogen) atoms. The van der Waals surface area contributed by atoms with Gasteiger partial charge in [-0.1, -0.05) is 13.8 Å². The van der Waals surface area contributed by atoms with Gasteiger partial charge in [0.2, 0.25) is 5.91 Å². The van der Waals surface area contributed by atoms with Gasteiger partial charge in [-0.3, -0.25) is 4.79 Å². The zero-order chi connectivity index (χ0) is 22.7. The molecule has 3 aliphatic heterocycles. The zero-order valence-electron chi connectivity index (χ0n) is 19.0. The number of halogens is 1. The zero-order valence-corrected chi connectivity index (χ0v) is 20.6. The van der Waals surface area contributed by atoms with Crippen LogP contribution >= 0.6 is 23.4 Å². The van der Waals surface area contributed by atoms with Gasteiger partial charge in [0.15, 0.2) is 0 Å². The number of hydrogen-bond acceptors (Lipinski definition) is 7. The smallest absolute Gasteiger partial charge is 0.240 e. The Bertz CT molecular complexity index is 598. The molecule has 0 aromatic rings. The monoisotopic (exact) mass is 478 g/mol.